The van der Waals surface area contributed by atoms with E-state index in [2.05, 4.69) is 20.7 Å². The molecule has 1 aliphatic heterocycles. The van der Waals surface area contributed by atoms with Gasteiger partial charge in [-0.15, -0.1) is 0 Å². The fourth-order valence-corrected chi connectivity index (χ4v) is 2.34. The van der Waals surface area contributed by atoms with Crippen LogP contribution in [0.25, 0.3) is 0 Å². The number of nitrogens with one attached hydrogen (secondary N) is 2. The van der Waals surface area contributed by atoms with Gasteiger partial charge in [-0.3, -0.25) is 14.9 Å². The van der Waals surface area contributed by atoms with Gasteiger partial charge in [0.1, 0.15) is 23.9 Å². The van der Waals surface area contributed by atoms with E-state index in [0.29, 0.717) is 23.1 Å². The smallest absolute Gasteiger partial charge is 0.252 e. The first-order valence-corrected chi connectivity index (χ1v) is 6.84. The minimum Gasteiger partial charge on any atom is -0.497 e. The summed E-state index contributed by atoms with van der Waals surface area (Å²) >= 11 is 0. The Morgan fingerprint density at radius 1 is 1.39 bits per heavy atom. The average Bonchev–Trinajstić information content (AvgIpc) is 3.10. The van der Waals surface area contributed by atoms with Crippen molar-refractivity contribution < 1.29 is 19.1 Å². The van der Waals surface area contributed by atoms with Crippen molar-refractivity contribution in [2.45, 2.75) is 12.5 Å². The number of nitrogens with zero attached hydrogens (tertiary/aromatic N) is 3. The molecule has 9 heteroatoms. The van der Waals surface area contributed by atoms with Crippen LogP contribution < -0.4 is 20.1 Å². The molecule has 0 aliphatic carbocycles. The first-order valence-electron chi connectivity index (χ1n) is 6.84. The van der Waals surface area contributed by atoms with Crippen molar-refractivity contribution in [2.75, 3.05) is 24.9 Å². The lowest BCUT2D eigenvalue weighted by atomic mass is 10.2. The predicted octanol–water partition coefficient (Wildman–Crippen LogP) is 0.817. The number of methoxy groups -OCH3 is 2. The first kappa shape index (κ1) is 14.8. The van der Waals surface area contributed by atoms with Crippen LogP contribution in [-0.4, -0.2) is 40.8 Å². The zero-order valence-corrected chi connectivity index (χ0v) is 12.6. The van der Waals surface area contributed by atoms with Crippen LogP contribution >= 0.6 is 0 Å². The number of ether oxygens (including phenoxy) is 2. The summed E-state index contributed by atoms with van der Waals surface area (Å²) in [5.41, 5.74) is 0.467. The van der Waals surface area contributed by atoms with Gasteiger partial charge in [0.05, 0.1) is 26.3 Å². The molecule has 0 saturated carbocycles. The van der Waals surface area contributed by atoms with E-state index in [1.807, 2.05) is 0 Å². The number of hydrogen-bond donors (Lipinski definition) is 2. The molecule has 2 heterocycles. The number of carbonyl (C=O) groups is 2. The van der Waals surface area contributed by atoms with Crippen LogP contribution in [0.4, 0.5) is 11.6 Å². The van der Waals surface area contributed by atoms with Gasteiger partial charge in [-0.1, -0.05) is 0 Å². The maximum atomic E-state index is 12.3. The lowest BCUT2D eigenvalue weighted by molar-refractivity contribution is -0.123. The van der Waals surface area contributed by atoms with Crippen molar-refractivity contribution >= 4 is 23.5 Å². The monoisotopic (exact) mass is 317 g/mol. The highest BCUT2D eigenvalue weighted by Gasteiger charge is 2.33. The van der Waals surface area contributed by atoms with E-state index in [4.69, 9.17) is 9.47 Å². The third-order valence-electron chi connectivity index (χ3n) is 3.47. The van der Waals surface area contributed by atoms with Crippen molar-refractivity contribution in [1.29, 1.82) is 0 Å². The van der Waals surface area contributed by atoms with Gasteiger partial charge < -0.3 is 14.8 Å². The van der Waals surface area contributed by atoms with Crippen LogP contribution in [0.1, 0.15) is 12.5 Å². The standard InChI is InChI=1S/C14H15N5O4/c1-22-8-3-4-11(23-2)9(5-8)17-12(20)6-10-13(21)18-14-15-7-16-19(10)14/h3-5,7,10H,6H2,1-2H3,(H,17,20)(H,15,16,18,21)/t10-/m0/s1. The summed E-state index contributed by atoms with van der Waals surface area (Å²) in [4.78, 5) is 28.0. The Morgan fingerprint density at radius 2 is 2.22 bits per heavy atom. The second-order valence-corrected chi connectivity index (χ2v) is 4.85. The molecule has 1 atom stereocenters. The summed E-state index contributed by atoms with van der Waals surface area (Å²) < 4.78 is 11.7. The van der Waals surface area contributed by atoms with Gasteiger partial charge in [0.25, 0.3) is 5.91 Å². The van der Waals surface area contributed by atoms with E-state index in [-0.39, 0.29) is 18.2 Å². The van der Waals surface area contributed by atoms with Crippen LogP contribution in [-0.2, 0) is 9.59 Å². The van der Waals surface area contributed by atoms with Gasteiger partial charge in [0, 0.05) is 6.07 Å². The fraction of sp³-hybridized carbons (Fsp3) is 0.286. The summed E-state index contributed by atoms with van der Waals surface area (Å²) in [6.45, 7) is 0. The number of anilines is 2. The second kappa shape index (κ2) is 5.95. The number of rotatable bonds is 5. The lowest BCUT2D eigenvalue weighted by Crippen LogP contribution is -2.23. The minimum atomic E-state index is -0.718. The molecule has 3 rings (SSSR count). The predicted molar refractivity (Wildman–Crippen MR) is 80.5 cm³/mol. The summed E-state index contributed by atoms with van der Waals surface area (Å²) in [5.74, 6) is 0.759. The van der Waals surface area contributed by atoms with Gasteiger partial charge in [-0.05, 0) is 12.1 Å². The van der Waals surface area contributed by atoms with E-state index >= 15 is 0 Å². The number of amides is 2. The summed E-state index contributed by atoms with van der Waals surface area (Å²) in [5, 5.41) is 9.23. The largest absolute Gasteiger partial charge is 0.497 e. The van der Waals surface area contributed by atoms with Crippen LogP contribution in [0.15, 0.2) is 24.5 Å². The molecule has 1 aliphatic rings. The SMILES string of the molecule is COc1ccc(OC)c(NC(=O)C[C@H]2C(=O)Nc3ncnn32)c1. The van der Waals surface area contributed by atoms with Gasteiger partial charge in [0.2, 0.25) is 11.9 Å². The molecule has 120 valence electrons. The third kappa shape index (κ3) is 2.80. The molecule has 0 radical (unpaired) electrons. The maximum absolute atomic E-state index is 12.3. The molecule has 2 N–H and O–H groups in total. The molecule has 1 aromatic heterocycles. The summed E-state index contributed by atoms with van der Waals surface area (Å²) in [6.07, 6.45) is 1.26. The highest BCUT2D eigenvalue weighted by Crippen LogP contribution is 2.30. The van der Waals surface area contributed by atoms with Crippen LogP contribution in [0, 0.1) is 0 Å². The Kier molecular flexibility index (Phi) is 3.83. The number of fused-ring (bicyclic) bond motifs is 1. The topological polar surface area (TPSA) is 107 Å². The zero-order valence-electron chi connectivity index (χ0n) is 12.6. The molecule has 0 bridgehead atoms. The molecule has 0 saturated heterocycles. The van der Waals surface area contributed by atoms with E-state index in [0.717, 1.165) is 0 Å². The Bertz CT molecular complexity index is 757. The summed E-state index contributed by atoms with van der Waals surface area (Å²) in [6, 6.07) is 4.34. The number of hydrogen-bond acceptors (Lipinski definition) is 6. The Hall–Kier alpha value is -3.10. The summed E-state index contributed by atoms with van der Waals surface area (Å²) in [7, 11) is 3.03. The fourth-order valence-electron chi connectivity index (χ4n) is 2.34. The van der Waals surface area contributed by atoms with Crippen LogP contribution in [0.5, 0.6) is 11.5 Å². The van der Waals surface area contributed by atoms with Crippen molar-refractivity contribution in [1.82, 2.24) is 14.8 Å². The average molecular weight is 317 g/mol. The van der Waals surface area contributed by atoms with Gasteiger partial charge in [-0.2, -0.15) is 10.1 Å². The van der Waals surface area contributed by atoms with Crippen molar-refractivity contribution in [3.63, 3.8) is 0 Å². The zero-order chi connectivity index (χ0) is 16.4. The van der Waals surface area contributed by atoms with Crippen molar-refractivity contribution in [2.24, 2.45) is 0 Å². The molecule has 0 spiro atoms. The molecular weight excluding hydrogens is 302 g/mol. The quantitative estimate of drug-likeness (QED) is 0.845. The Labute approximate surface area is 131 Å². The molecule has 9 nitrogen and oxygen atoms in total. The van der Waals surface area contributed by atoms with E-state index in [9.17, 15) is 9.59 Å². The molecule has 23 heavy (non-hydrogen) atoms. The molecular formula is C14H15N5O4. The Balaban J connectivity index is 1.74. The number of benzene rings is 1. The Morgan fingerprint density at radius 3 is 2.96 bits per heavy atom. The minimum absolute atomic E-state index is 0.0669. The van der Waals surface area contributed by atoms with Crippen molar-refractivity contribution in [3.8, 4) is 11.5 Å². The van der Waals surface area contributed by atoms with Crippen LogP contribution in [0.2, 0.25) is 0 Å². The van der Waals surface area contributed by atoms with Gasteiger partial charge >= 0.3 is 0 Å². The number of carbonyl (C=O) groups excluding carboxylic acids is 2. The molecule has 0 fully saturated rings. The van der Waals surface area contributed by atoms with Gasteiger partial charge in [-0.25, -0.2) is 4.68 Å². The van der Waals surface area contributed by atoms with E-state index in [1.165, 1.54) is 25.2 Å². The highest BCUT2D eigenvalue weighted by atomic mass is 16.5. The van der Waals surface area contributed by atoms with Crippen LogP contribution in [0.3, 0.4) is 0 Å². The third-order valence-corrected chi connectivity index (χ3v) is 3.47. The maximum Gasteiger partial charge on any atom is 0.252 e. The number of aromatic nitrogens is 3. The normalized spacial score (nSPS) is 15.7. The van der Waals surface area contributed by atoms with Gasteiger partial charge in [0.15, 0.2) is 0 Å². The molecule has 2 aromatic rings. The van der Waals surface area contributed by atoms with Crippen molar-refractivity contribution in [3.05, 3.63) is 24.5 Å². The molecule has 2 amide bonds. The first-order chi connectivity index (χ1) is 11.1. The van der Waals surface area contributed by atoms with E-state index in [1.54, 1.807) is 18.2 Å². The highest BCUT2D eigenvalue weighted by molar-refractivity contribution is 6.01. The second-order valence-electron chi connectivity index (χ2n) is 4.85. The molecule has 1 aromatic carbocycles. The van der Waals surface area contributed by atoms with E-state index < -0.39 is 6.04 Å². The lowest BCUT2D eigenvalue weighted by Gasteiger charge is -2.13. The molecule has 0 unspecified atom stereocenters.